The highest BCUT2D eigenvalue weighted by molar-refractivity contribution is 7.98. The molecule has 1 aromatic carbocycles. The number of amides is 1. The van der Waals surface area contributed by atoms with Crippen LogP contribution in [0.25, 0.3) is 0 Å². The van der Waals surface area contributed by atoms with Crippen molar-refractivity contribution in [3.05, 3.63) is 47.2 Å². The van der Waals surface area contributed by atoms with Gasteiger partial charge in [0.15, 0.2) is 5.16 Å². The van der Waals surface area contributed by atoms with Gasteiger partial charge in [-0.25, -0.2) is 9.97 Å². The van der Waals surface area contributed by atoms with E-state index in [9.17, 15) is 4.79 Å². The van der Waals surface area contributed by atoms with Gasteiger partial charge in [-0.15, -0.1) is 0 Å². The smallest absolute Gasteiger partial charge is 0.253 e. The Morgan fingerprint density at radius 1 is 1.15 bits per heavy atom. The lowest BCUT2D eigenvalue weighted by molar-refractivity contribution is 0.0802. The van der Waals surface area contributed by atoms with Gasteiger partial charge in [0.25, 0.3) is 5.91 Å². The lowest BCUT2D eigenvalue weighted by atomic mass is 10.1. The van der Waals surface area contributed by atoms with Crippen molar-refractivity contribution < 1.29 is 4.79 Å². The first-order chi connectivity index (χ1) is 12.3. The summed E-state index contributed by atoms with van der Waals surface area (Å²) >= 11 is 1.60. The molecule has 2 aromatic rings. The minimum absolute atomic E-state index is 0.0484. The van der Waals surface area contributed by atoms with E-state index in [4.69, 9.17) is 0 Å². The number of benzene rings is 1. The molecule has 0 saturated heterocycles. The number of carbonyl (C=O) groups is 1. The normalized spacial score (nSPS) is 10.9. The average molecular weight is 373 g/mol. The van der Waals surface area contributed by atoms with Gasteiger partial charge in [-0.1, -0.05) is 37.7 Å². The van der Waals surface area contributed by atoms with E-state index >= 15 is 0 Å². The minimum Gasteiger partial charge on any atom is -0.363 e. The van der Waals surface area contributed by atoms with Crippen LogP contribution < -0.4 is 4.90 Å². The maximum absolute atomic E-state index is 12.3. The quantitative estimate of drug-likeness (QED) is 0.542. The number of carbonyl (C=O) groups excluding carboxylic acids is 1. The number of anilines is 1. The number of thioether (sulfide) groups is 1. The largest absolute Gasteiger partial charge is 0.363 e. The Hall–Kier alpha value is -2.08. The van der Waals surface area contributed by atoms with E-state index in [1.54, 1.807) is 16.7 Å². The van der Waals surface area contributed by atoms with Crippen LogP contribution >= 0.6 is 11.8 Å². The molecule has 0 saturated carbocycles. The van der Waals surface area contributed by atoms with Crippen LogP contribution in [0.3, 0.4) is 0 Å². The first-order valence-corrected chi connectivity index (χ1v) is 9.83. The predicted molar refractivity (Wildman–Crippen MR) is 109 cm³/mol. The van der Waals surface area contributed by atoms with E-state index in [-0.39, 0.29) is 5.91 Å². The topological polar surface area (TPSA) is 49.3 Å². The summed E-state index contributed by atoms with van der Waals surface area (Å²) in [6.07, 6.45) is 0. The maximum Gasteiger partial charge on any atom is 0.253 e. The molecule has 1 amide bonds. The monoisotopic (exact) mass is 372 g/mol. The fourth-order valence-electron chi connectivity index (χ4n) is 2.33. The van der Waals surface area contributed by atoms with Gasteiger partial charge in [0.1, 0.15) is 5.82 Å². The van der Waals surface area contributed by atoms with E-state index in [2.05, 4.69) is 23.8 Å². The van der Waals surface area contributed by atoms with Gasteiger partial charge < -0.3 is 9.80 Å². The maximum atomic E-state index is 12.3. The molecule has 0 radical (unpaired) electrons. The van der Waals surface area contributed by atoms with Crippen molar-refractivity contribution in [3.63, 3.8) is 0 Å². The van der Waals surface area contributed by atoms with Gasteiger partial charge in [-0.2, -0.15) is 0 Å². The third kappa shape index (κ3) is 5.21. The van der Waals surface area contributed by atoms with Crippen LogP contribution in [-0.2, 0) is 5.75 Å². The van der Waals surface area contributed by atoms with E-state index in [0.717, 1.165) is 33.5 Å². The number of aromatic nitrogens is 2. The van der Waals surface area contributed by atoms with Crippen molar-refractivity contribution in [2.24, 2.45) is 0 Å². The van der Waals surface area contributed by atoms with E-state index in [1.807, 2.05) is 63.3 Å². The summed E-state index contributed by atoms with van der Waals surface area (Å²) < 4.78 is 0. The molecule has 0 fully saturated rings. The molecule has 1 aromatic heterocycles. The zero-order valence-corrected chi connectivity index (χ0v) is 17.3. The Morgan fingerprint density at radius 3 is 2.50 bits per heavy atom. The third-order valence-electron chi connectivity index (χ3n) is 4.12. The summed E-state index contributed by atoms with van der Waals surface area (Å²) in [7, 11) is 5.79. The second-order valence-corrected chi connectivity index (χ2v) is 7.73. The minimum atomic E-state index is 0.0484. The summed E-state index contributed by atoms with van der Waals surface area (Å²) in [5.74, 6) is 2.04. The molecule has 0 atom stereocenters. The number of nitrogens with zero attached hydrogens (tertiary/aromatic N) is 4. The van der Waals surface area contributed by atoms with Gasteiger partial charge in [0.2, 0.25) is 0 Å². The zero-order chi connectivity index (χ0) is 19.3. The van der Waals surface area contributed by atoms with Gasteiger partial charge >= 0.3 is 0 Å². The first-order valence-electron chi connectivity index (χ1n) is 8.85. The number of rotatable bonds is 7. The Kier molecular flexibility index (Phi) is 7.03. The molecule has 0 N–H and O–H groups in total. The fraction of sp³-hybridized carbons (Fsp3) is 0.450. The first kappa shape index (κ1) is 20.2. The van der Waals surface area contributed by atoms with Crippen molar-refractivity contribution in [2.45, 2.75) is 37.6 Å². The lowest BCUT2D eigenvalue weighted by Crippen LogP contribution is -2.26. The summed E-state index contributed by atoms with van der Waals surface area (Å²) in [5.41, 5.74) is 2.85. The SMILES string of the molecule is CCN(C)C(=O)c1cccc(CSc2nc(C(C)C)cc(N(C)C)n2)c1. The molecule has 5 nitrogen and oxygen atoms in total. The molecular weight excluding hydrogens is 344 g/mol. The second-order valence-electron chi connectivity index (χ2n) is 6.79. The van der Waals surface area contributed by atoms with E-state index in [1.165, 1.54) is 0 Å². The summed E-state index contributed by atoms with van der Waals surface area (Å²) in [5, 5.41) is 0.766. The van der Waals surface area contributed by atoms with Crippen LogP contribution in [0.1, 0.15) is 48.3 Å². The summed E-state index contributed by atoms with van der Waals surface area (Å²) in [6.45, 7) is 6.94. The van der Waals surface area contributed by atoms with E-state index < -0.39 is 0 Å². The zero-order valence-electron chi connectivity index (χ0n) is 16.5. The van der Waals surface area contributed by atoms with Crippen LogP contribution in [0.5, 0.6) is 0 Å². The van der Waals surface area contributed by atoms with E-state index in [0.29, 0.717) is 12.5 Å². The van der Waals surface area contributed by atoms with Crippen molar-refractivity contribution in [1.82, 2.24) is 14.9 Å². The van der Waals surface area contributed by atoms with Crippen molar-refractivity contribution in [2.75, 3.05) is 32.6 Å². The van der Waals surface area contributed by atoms with Crippen molar-refractivity contribution >= 4 is 23.5 Å². The van der Waals surface area contributed by atoms with Crippen LogP contribution in [-0.4, -0.2) is 48.5 Å². The molecule has 2 rings (SSSR count). The van der Waals surface area contributed by atoms with Crippen LogP contribution in [0.15, 0.2) is 35.5 Å². The van der Waals surface area contributed by atoms with Gasteiger partial charge in [0.05, 0.1) is 0 Å². The number of hydrogen-bond donors (Lipinski definition) is 0. The highest BCUT2D eigenvalue weighted by Crippen LogP contribution is 2.25. The Labute approximate surface area is 160 Å². The number of hydrogen-bond acceptors (Lipinski definition) is 5. The highest BCUT2D eigenvalue weighted by Gasteiger charge is 2.12. The molecule has 1 heterocycles. The molecule has 26 heavy (non-hydrogen) atoms. The van der Waals surface area contributed by atoms with Gasteiger partial charge in [-0.05, 0) is 30.5 Å². The Balaban J connectivity index is 2.17. The summed E-state index contributed by atoms with van der Waals surface area (Å²) in [4.78, 5) is 25.4. The average Bonchev–Trinajstić information content (AvgIpc) is 2.65. The molecule has 0 aliphatic rings. The molecule has 0 aliphatic heterocycles. The molecule has 0 aliphatic carbocycles. The molecular formula is C20H28N4OS. The Bertz CT molecular complexity index is 735. The molecule has 6 heteroatoms. The van der Waals surface area contributed by atoms with Crippen LogP contribution in [0, 0.1) is 0 Å². The molecule has 140 valence electrons. The van der Waals surface area contributed by atoms with Crippen LogP contribution in [0.4, 0.5) is 5.82 Å². The standard InChI is InChI=1S/C20H28N4OS/c1-7-24(6)19(25)16-10-8-9-15(11-16)13-26-20-21-17(14(2)3)12-18(22-20)23(4)5/h8-12,14H,7,13H2,1-6H3. The molecule has 0 unspecified atom stereocenters. The Morgan fingerprint density at radius 2 is 1.88 bits per heavy atom. The molecule has 0 spiro atoms. The third-order valence-corrected chi connectivity index (χ3v) is 5.04. The van der Waals surface area contributed by atoms with Crippen molar-refractivity contribution in [1.29, 1.82) is 0 Å². The van der Waals surface area contributed by atoms with Gasteiger partial charge in [-0.3, -0.25) is 4.79 Å². The molecule has 0 bridgehead atoms. The van der Waals surface area contributed by atoms with Gasteiger partial charge in [0, 0.05) is 50.8 Å². The fourth-order valence-corrected chi connectivity index (χ4v) is 3.13. The summed E-state index contributed by atoms with van der Waals surface area (Å²) in [6, 6.07) is 9.83. The lowest BCUT2D eigenvalue weighted by Gasteiger charge is -2.16. The highest BCUT2D eigenvalue weighted by atomic mass is 32.2. The van der Waals surface area contributed by atoms with Crippen LogP contribution in [0.2, 0.25) is 0 Å². The van der Waals surface area contributed by atoms with Crippen molar-refractivity contribution in [3.8, 4) is 0 Å². The second kappa shape index (κ2) is 9.03. The predicted octanol–water partition coefficient (Wildman–Crippen LogP) is 4.05.